The van der Waals surface area contributed by atoms with Gasteiger partial charge >= 0.3 is 0 Å². The summed E-state index contributed by atoms with van der Waals surface area (Å²) in [5.41, 5.74) is 4.68. The van der Waals surface area contributed by atoms with Crippen molar-refractivity contribution in [2.45, 2.75) is 30.1 Å². The predicted octanol–water partition coefficient (Wildman–Crippen LogP) is 7.42. The molecule has 4 aromatic carbocycles. The van der Waals surface area contributed by atoms with E-state index in [2.05, 4.69) is 24.3 Å². The second kappa shape index (κ2) is 13.3. The van der Waals surface area contributed by atoms with Crippen LogP contribution in [0.1, 0.15) is 28.4 Å². The van der Waals surface area contributed by atoms with Gasteiger partial charge in [-0.15, -0.1) is 0 Å². The van der Waals surface area contributed by atoms with Gasteiger partial charge in [0, 0.05) is 42.0 Å². The average Bonchev–Trinajstić information content (AvgIpc) is 2.90. The molecule has 4 aromatic rings. The molecular weight excluding hydrogens is 460 g/mol. The zero-order valence-corrected chi connectivity index (χ0v) is 20.5. The van der Waals surface area contributed by atoms with Crippen LogP contribution in [0.3, 0.4) is 0 Å². The number of rotatable bonds is 7. The minimum atomic E-state index is -0.479. The fourth-order valence-electron chi connectivity index (χ4n) is 3.63. The van der Waals surface area contributed by atoms with Gasteiger partial charge in [-0.05, 0) is 28.3 Å². The van der Waals surface area contributed by atoms with Crippen molar-refractivity contribution in [3.8, 4) is 5.75 Å². The second-order valence-electron chi connectivity index (χ2n) is 7.89. The van der Waals surface area contributed by atoms with E-state index >= 15 is 0 Å². The van der Waals surface area contributed by atoms with Crippen molar-refractivity contribution in [2.24, 2.45) is 0 Å². The number of aliphatic hydroxyl groups is 1. The third-order valence-electron chi connectivity index (χ3n) is 5.37. The molecule has 174 valence electrons. The van der Waals surface area contributed by atoms with Gasteiger partial charge in [0.2, 0.25) is 0 Å². The molecule has 3 nitrogen and oxygen atoms in total. The summed E-state index contributed by atoms with van der Waals surface area (Å²) in [5.74, 6) is 2.66. The van der Waals surface area contributed by atoms with Crippen LogP contribution in [0.2, 0.25) is 0 Å². The van der Waals surface area contributed by atoms with Gasteiger partial charge in [0.05, 0.1) is 6.10 Å². The maximum absolute atomic E-state index is 10.1. The van der Waals surface area contributed by atoms with Gasteiger partial charge < -0.3 is 9.84 Å². The van der Waals surface area contributed by atoms with Crippen LogP contribution in [0.15, 0.2) is 115 Å². The summed E-state index contributed by atoms with van der Waals surface area (Å²) in [4.78, 5) is 0. The molecule has 0 aliphatic carbocycles. The molecule has 1 aliphatic heterocycles. The molecule has 0 aromatic heterocycles. The van der Waals surface area contributed by atoms with Crippen LogP contribution >= 0.6 is 24.1 Å². The van der Waals surface area contributed by atoms with Gasteiger partial charge in [-0.2, -0.15) is 0 Å². The first kappa shape index (κ1) is 24.4. The lowest BCUT2D eigenvalue weighted by Crippen LogP contribution is -2.30. The van der Waals surface area contributed by atoms with Gasteiger partial charge in [-0.3, -0.25) is 0 Å². The molecule has 0 bridgehead atoms. The van der Waals surface area contributed by atoms with E-state index in [4.69, 9.17) is 8.37 Å². The highest BCUT2D eigenvalue weighted by Gasteiger charge is 2.29. The van der Waals surface area contributed by atoms with Crippen molar-refractivity contribution in [1.29, 1.82) is 0 Å². The van der Waals surface area contributed by atoms with Crippen molar-refractivity contribution in [2.75, 3.05) is 0 Å². The summed E-state index contributed by atoms with van der Waals surface area (Å²) >= 11 is 2.98. The Morgan fingerprint density at radius 3 is 1.76 bits per heavy atom. The molecule has 0 saturated heterocycles. The summed E-state index contributed by atoms with van der Waals surface area (Å²) < 4.78 is 11.4. The normalized spacial score (nSPS) is 16.5. The first-order valence-corrected chi connectivity index (χ1v) is 13.1. The lowest BCUT2D eigenvalue weighted by molar-refractivity contribution is 0.0208. The summed E-state index contributed by atoms with van der Waals surface area (Å²) in [6, 6.07) is 38.4. The molecule has 0 saturated carbocycles. The van der Waals surface area contributed by atoms with Crippen LogP contribution in [0.4, 0.5) is 0 Å². The number of ether oxygens (including phenoxy) is 1. The first-order chi connectivity index (χ1) is 16.8. The number of para-hydroxylation sites is 1. The quantitative estimate of drug-likeness (QED) is 0.216. The topological polar surface area (TPSA) is 38.7 Å². The zero-order valence-electron chi connectivity index (χ0n) is 18.8. The Kier molecular flexibility index (Phi) is 9.52. The van der Waals surface area contributed by atoms with Gasteiger partial charge in [-0.1, -0.05) is 109 Å². The van der Waals surface area contributed by atoms with Crippen molar-refractivity contribution < 1.29 is 13.5 Å². The summed E-state index contributed by atoms with van der Waals surface area (Å²) in [5, 5.41) is 10.1. The Bertz CT molecular complexity index is 1070. The maximum atomic E-state index is 10.1. The first-order valence-electron chi connectivity index (χ1n) is 11.3. The number of hydrogen-bond acceptors (Lipinski definition) is 5. The highest BCUT2D eigenvalue weighted by atomic mass is 32.2. The number of benzene rings is 4. The zero-order chi connectivity index (χ0) is 23.4. The molecule has 2 unspecified atom stereocenters. The summed E-state index contributed by atoms with van der Waals surface area (Å²) in [6.45, 7) is 0. The maximum Gasteiger partial charge on any atom is 0.150 e. The average molecular weight is 489 g/mol. The van der Waals surface area contributed by atoms with Crippen LogP contribution in [0.5, 0.6) is 5.75 Å². The highest BCUT2D eigenvalue weighted by Crippen LogP contribution is 2.34. The van der Waals surface area contributed by atoms with E-state index < -0.39 is 6.10 Å². The third kappa shape index (κ3) is 7.40. The fraction of sp³-hybridized carbons (Fsp3) is 0.172. The minimum Gasteiger partial charge on any atom is -0.483 e. The van der Waals surface area contributed by atoms with Crippen LogP contribution in [-0.4, -0.2) is 11.2 Å². The summed E-state index contributed by atoms with van der Waals surface area (Å²) in [7, 11) is 0. The molecule has 0 spiro atoms. The largest absolute Gasteiger partial charge is 0.483 e. The smallest absolute Gasteiger partial charge is 0.150 e. The van der Waals surface area contributed by atoms with E-state index in [0.29, 0.717) is 6.42 Å². The Morgan fingerprint density at radius 1 is 0.676 bits per heavy atom. The Morgan fingerprint density at radius 2 is 1.18 bits per heavy atom. The van der Waals surface area contributed by atoms with Crippen LogP contribution in [0.25, 0.3) is 0 Å². The Balaban J connectivity index is 0.000000161. The summed E-state index contributed by atoms with van der Waals surface area (Å²) in [6.07, 6.45) is -0.0890. The molecule has 1 aliphatic rings. The van der Waals surface area contributed by atoms with E-state index in [9.17, 15) is 5.11 Å². The van der Waals surface area contributed by atoms with Crippen LogP contribution in [0, 0.1) is 0 Å². The molecule has 0 radical (unpaired) electrons. The highest BCUT2D eigenvalue weighted by molar-refractivity contribution is 8.07. The molecule has 0 fully saturated rings. The van der Waals surface area contributed by atoms with Crippen molar-refractivity contribution in [1.82, 2.24) is 0 Å². The molecule has 1 N–H and O–H groups in total. The predicted molar refractivity (Wildman–Crippen MR) is 143 cm³/mol. The van der Waals surface area contributed by atoms with Gasteiger partial charge in [0.1, 0.15) is 11.9 Å². The molecule has 5 heteroatoms. The Hall–Kier alpha value is -2.70. The van der Waals surface area contributed by atoms with E-state index in [-0.39, 0.29) is 6.10 Å². The Labute approximate surface area is 210 Å². The van der Waals surface area contributed by atoms with E-state index in [1.807, 2.05) is 91.0 Å². The van der Waals surface area contributed by atoms with Gasteiger partial charge in [-0.25, -0.2) is 3.63 Å². The van der Waals surface area contributed by atoms with Crippen molar-refractivity contribution in [3.63, 3.8) is 0 Å². The fourth-order valence-corrected chi connectivity index (χ4v) is 4.95. The lowest BCUT2D eigenvalue weighted by Gasteiger charge is -2.30. The molecule has 5 rings (SSSR count). The molecular formula is C29H28O3S2. The van der Waals surface area contributed by atoms with E-state index in [1.54, 1.807) is 0 Å². The van der Waals surface area contributed by atoms with Crippen molar-refractivity contribution >= 4 is 24.1 Å². The van der Waals surface area contributed by atoms with Crippen LogP contribution < -0.4 is 4.74 Å². The molecule has 1 heterocycles. The standard InChI is InChI=1S/C15H14O2.C14H14OS2/c16-13-10-12-8-4-5-9-14(12)17-15(13)11-6-2-1-3-7-11;1-3-7-13(8-4-1)11-16-15-17-12-14-9-5-2-6-10-14/h1-9,13,15-16H,10H2;1-10H,11-12H2. The molecule has 34 heavy (non-hydrogen) atoms. The third-order valence-corrected chi connectivity index (χ3v) is 7.04. The number of hydrogen-bond donors (Lipinski definition) is 1. The van der Waals surface area contributed by atoms with Gasteiger partial charge in [0.15, 0.2) is 0 Å². The lowest BCUT2D eigenvalue weighted by atomic mass is 9.95. The van der Waals surface area contributed by atoms with E-state index in [0.717, 1.165) is 28.4 Å². The minimum absolute atomic E-state index is 0.258. The van der Waals surface area contributed by atoms with Gasteiger partial charge in [0.25, 0.3) is 0 Å². The van der Waals surface area contributed by atoms with Crippen molar-refractivity contribution in [3.05, 3.63) is 138 Å². The monoisotopic (exact) mass is 488 g/mol. The van der Waals surface area contributed by atoms with E-state index in [1.165, 1.54) is 35.2 Å². The SMILES string of the molecule is OC1Cc2ccccc2OC1c1ccccc1.c1ccc(CSOSCc2ccccc2)cc1. The molecule has 0 amide bonds. The number of fused-ring (bicyclic) bond motifs is 1. The van der Waals surface area contributed by atoms with Crippen LogP contribution in [-0.2, 0) is 21.6 Å². The molecule has 2 atom stereocenters. The second-order valence-corrected chi connectivity index (χ2v) is 9.49. The number of aliphatic hydroxyl groups excluding tert-OH is 1.